The fourth-order valence-corrected chi connectivity index (χ4v) is 4.98. The number of nitrogens with zero attached hydrogens (tertiary/aromatic N) is 2. The minimum atomic E-state index is -0.922. The second-order valence-electron chi connectivity index (χ2n) is 9.96. The van der Waals surface area contributed by atoms with Crippen LogP contribution in [0, 0.1) is 34.4 Å². The van der Waals surface area contributed by atoms with E-state index in [1.54, 1.807) is 25.3 Å². The summed E-state index contributed by atoms with van der Waals surface area (Å²) in [6, 6.07) is 22.0. The van der Waals surface area contributed by atoms with Crippen LogP contribution in [-0.2, 0) is 13.0 Å². The summed E-state index contributed by atoms with van der Waals surface area (Å²) in [5, 5.41) is 26.1. The van der Waals surface area contributed by atoms with Gasteiger partial charge in [0.2, 0.25) is 11.8 Å². The predicted molar refractivity (Wildman–Crippen MR) is 146 cm³/mol. The number of aromatic amines is 1. The van der Waals surface area contributed by atoms with Crippen molar-refractivity contribution in [3.63, 3.8) is 0 Å². The minimum Gasteiger partial charge on any atom is -0.493 e. The smallest absolute Gasteiger partial charge is 0.244 e. The summed E-state index contributed by atoms with van der Waals surface area (Å²) >= 11 is 0. The Morgan fingerprint density at radius 2 is 1.79 bits per heavy atom. The van der Waals surface area contributed by atoms with Crippen molar-refractivity contribution in [2.24, 2.45) is 11.8 Å². The van der Waals surface area contributed by atoms with E-state index in [4.69, 9.17) is 19.6 Å². The van der Waals surface area contributed by atoms with Gasteiger partial charge in [0.1, 0.15) is 18.3 Å². The first-order valence-electron chi connectivity index (χ1n) is 12.8. The number of nitrogens with one attached hydrogen (secondary N) is 2. The van der Waals surface area contributed by atoms with Gasteiger partial charge in [-0.3, -0.25) is 10.5 Å². The van der Waals surface area contributed by atoms with Gasteiger partial charge in [-0.15, -0.1) is 5.10 Å². The normalized spacial score (nSPS) is 16.4. The van der Waals surface area contributed by atoms with Crippen LogP contribution in [0.25, 0.3) is 11.3 Å². The molecule has 0 spiro atoms. The highest BCUT2D eigenvalue weighted by Gasteiger charge is 2.42. The number of aromatic nitrogens is 2. The van der Waals surface area contributed by atoms with Gasteiger partial charge in [-0.2, -0.15) is 5.26 Å². The molecule has 0 aliphatic carbocycles. The van der Waals surface area contributed by atoms with Gasteiger partial charge in [0, 0.05) is 11.5 Å². The number of halogens is 1. The van der Waals surface area contributed by atoms with Crippen molar-refractivity contribution < 1.29 is 18.6 Å². The number of methoxy groups -OCH3 is 1. The molecule has 4 aromatic rings. The van der Waals surface area contributed by atoms with Gasteiger partial charge in [-0.25, -0.2) is 4.39 Å². The fraction of sp³-hybridized carbons (Fsp3) is 0.258. The predicted octanol–water partition coefficient (Wildman–Crippen LogP) is 6.64. The number of hydrogen-bond donors (Lipinski definition) is 2. The van der Waals surface area contributed by atoms with Crippen molar-refractivity contribution in [1.29, 1.82) is 10.7 Å². The average molecular weight is 525 g/mol. The molecule has 0 bridgehead atoms. The Labute approximate surface area is 226 Å². The van der Waals surface area contributed by atoms with Gasteiger partial charge in [0.25, 0.3) is 0 Å². The minimum absolute atomic E-state index is 0.161. The number of rotatable bonds is 8. The monoisotopic (exact) mass is 524 g/mol. The lowest BCUT2D eigenvalue weighted by atomic mass is 9.78. The first-order chi connectivity index (χ1) is 18.9. The standard InChI is InChI=1S/C31H29FN4O3/c1-18(2)15-19-7-11-21(12-8-19)28-27-26(24(16-33)30(34)39-31(27)36-35-28)23-5-4-6-25(37-3)29(23)38-17-20-9-13-22(32)14-10-20/h4-14,18,24,26,34H,15,17H2,1-3H3,(H,35,36). The summed E-state index contributed by atoms with van der Waals surface area (Å²) < 4.78 is 31.0. The Hall–Kier alpha value is -4.64. The number of ether oxygens (including phenoxy) is 3. The Balaban J connectivity index is 1.60. The van der Waals surface area contributed by atoms with Crippen LogP contribution in [0.3, 0.4) is 0 Å². The third kappa shape index (κ3) is 5.21. The van der Waals surface area contributed by atoms with Crippen molar-refractivity contribution in [2.45, 2.75) is 32.8 Å². The Morgan fingerprint density at radius 3 is 2.46 bits per heavy atom. The zero-order valence-corrected chi connectivity index (χ0v) is 22.0. The molecule has 2 N–H and O–H groups in total. The van der Waals surface area contributed by atoms with Crippen LogP contribution in [0.4, 0.5) is 4.39 Å². The molecular weight excluding hydrogens is 495 g/mol. The van der Waals surface area contributed by atoms with E-state index in [2.05, 4.69) is 42.2 Å². The molecule has 3 aromatic carbocycles. The topological polar surface area (TPSA) is 104 Å². The molecule has 7 nitrogen and oxygen atoms in total. The average Bonchev–Trinajstić information content (AvgIpc) is 3.35. The zero-order chi connectivity index (χ0) is 27.5. The highest BCUT2D eigenvalue weighted by atomic mass is 19.1. The SMILES string of the molecule is COc1cccc(C2c3c(n[nH]c3-c3ccc(CC(C)C)cc3)OC(=N)C2C#N)c1OCc1ccc(F)cc1. The van der Waals surface area contributed by atoms with E-state index in [0.717, 1.165) is 17.5 Å². The molecule has 0 fully saturated rings. The summed E-state index contributed by atoms with van der Waals surface area (Å²) in [5.41, 5.74) is 4.95. The third-order valence-corrected chi connectivity index (χ3v) is 6.79. The first-order valence-corrected chi connectivity index (χ1v) is 12.8. The molecule has 5 rings (SSSR count). The molecule has 1 aliphatic rings. The fourth-order valence-electron chi connectivity index (χ4n) is 4.98. The summed E-state index contributed by atoms with van der Waals surface area (Å²) in [5.74, 6) is -0.340. The van der Waals surface area contributed by atoms with Crippen molar-refractivity contribution in [2.75, 3.05) is 7.11 Å². The maximum atomic E-state index is 13.4. The molecule has 2 heterocycles. The van der Waals surface area contributed by atoms with E-state index in [-0.39, 0.29) is 24.2 Å². The molecule has 0 amide bonds. The number of H-pyrrole nitrogens is 1. The summed E-state index contributed by atoms with van der Waals surface area (Å²) in [4.78, 5) is 0. The maximum absolute atomic E-state index is 13.4. The number of benzene rings is 3. The molecule has 1 aromatic heterocycles. The zero-order valence-electron chi connectivity index (χ0n) is 22.0. The highest BCUT2D eigenvalue weighted by molar-refractivity contribution is 5.87. The molecule has 2 atom stereocenters. The van der Waals surface area contributed by atoms with E-state index in [1.165, 1.54) is 17.7 Å². The van der Waals surface area contributed by atoms with Crippen LogP contribution in [0.15, 0.2) is 66.7 Å². The molecule has 8 heteroatoms. The second kappa shape index (κ2) is 11.0. The number of para-hydroxylation sites is 1. The molecule has 1 aliphatic heterocycles. The Morgan fingerprint density at radius 1 is 1.08 bits per heavy atom. The van der Waals surface area contributed by atoms with Crippen LogP contribution in [-0.4, -0.2) is 23.2 Å². The summed E-state index contributed by atoms with van der Waals surface area (Å²) in [6.07, 6.45) is 0.972. The lowest BCUT2D eigenvalue weighted by Gasteiger charge is -2.30. The van der Waals surface area contributed by atoms with Crippen molar-refractivity contribution >= 4 is 5.90 Å². The largest absolute Gasteiger partial charge is 0.493 e. The van der Waals surface area contributed by atoms with E-state index < -0.39 is 11.8 Å². The Bertz CT molecular complexity index is 1520. The second-order valence-corrected chi connectivity index (χ2v) is 9.96. The quantitative estimate of drug-likeness (QED) is 0.269. The molecule has 0 saturated carbocycles. The van der Waals surface area contributed by atoms with E-state index >= 15 is 0 Å². The molecule has 2 unspecified atom stereocenters. The number of nitriles is 1. The molecule has 198 valence electrons. The Kier molecular flexibility index (Phi) is 7.33. The molecular formula is C31H29FN4O3. The van der Waals surface area contributed by atoms with E-state index in [0.29, 0.717) is 34.2 Å². The van der Waals surface area contributed by atoms with E-state index in [1.807, 2.05) is 24.3 Å². The molecule has 39 heavy (non-hydrogen) atoms. The van der Waals surface area contributed by atoms with Crippen molar-refractivity contribution in [3.8, 4) is 34.7 Å². The van der Waals surface area contributed by atoms with Crippen LogP contribution in [0.2, 0.25) is 0 Å². The van der Waals surface area contributed by atoms with Crippen LogP contribution < -0.4 is 14.2 Å². The number of fused-ring (bicyclic) bond motifs is 1. The van der Waals surface area contributed by atoms with Crippen molar-refractivity contribution in [1.82, 2.24) is 10.2 Å². The third-order valence-electron chi connectivity index (χ3n) is 6.79. The number of hydrogen-bond acceptors (Lipinski definition) is 6. The highest BCUT2D eigenvalue weighted by Crippen LogP contribution is 2.49. The lowest BCUT2D eigenvalue weighted by Crippen LogP contribution is -2.31. The molecule has 0 radical (unpaired) electrons. The van der Waals surface area contributed by atoms with Crippen LogP contribution in [0.5, 0.6) is 17.4 Å². The maximum Gasteiger partial charge on any atom is 0.244 e. The van der Waals surface area contributed by atoms with Crippen molar-refractivity contribution in [3.05, 3.63) is 94.8 Å². The lowest BCUT2D eigenvalue weighted by molar-refractivity contribution is 0.279. The summed E-state index contributed by atoms with van der Waals surface area (Å²) in [6.45, 7) is 4.53. The van der Waals surface area contributed by atoms with E-state index in [9.17, 15) is 9.65 Å². The van der Waals surface area contributed by atoms with Crippen LogP contribution in [0.1, 0.15) is 42.0 Å². The van der Waals surface area contributed by atoms with Gasteiger partial charge in [-0.05, 0) is 47.2 Å². The van der Waals surface area contributed by atoms with Gasteiger partial charge in [0.15, 0.2) is 11.5 Å². The summed E-state index contributed by atoms with van der Waals surface area (Å²) in [7, 11) is 1.55. The first kappa shape index (κ1) is 26.0. The van der Waals surface area contributed by atoms with Gasteiger partial charge in [0.05, 0.1) is 24.4 Å². The van der Waals surface area contributed by atoms with Gasteiger partial charge in [-0.1, -0.05) is 62.4 Å². The van der Waals surface area contributed by atoms with Gasteiger partial charge >= 0.3 is 0 Å². The van der Waals surface area contributed by atoms with Gasteiger partial charge < -0.3 is 14.2 Å². The van der Waals surface area contributed by atoms with Crippen LogP contribution >= 0.6 is 0 Å². The molecule has 0 saturated heterocycles.